The number of alkyl halides is 3. The van der Waals surface area contributed by atoms with Gasteiger partial charge < -0.3 is 9.47 Å². The van der Waals surface area contributed by atoms with Gasteiger partial charge in [0.25, 0.3) is 5.56 Å². The van der Waals surface area contributed by atoms with E-state index < -0.39 is 47.6 Å². The second-order valence-corrected chi connectivity index (χ2v) is 9.62. The van der Waals surface area contributed by atoms with Gasteiger partial charge in [-0.25, -0.2) is 9.79 Å². The van der Waals surface area contributed by atoms with Gasteiger partial charge in [-0.15, -0.1) is 0 Å². The molecule has 0 fully saturated rings. The van der Waals surface area contributed by atoms with Crippen LogP contribution in [0.2, 0.25) is 0 Å². The molecule has 0 bridgehead atoms. The van der Waals surface area contributed by atoms with Crippen molar-refractivity contribution in [2.24, 2.45) is 4.99 Å². The number of carbonyl (C=O) groups excluding carboxylic acids is 2. The first kappa shape index (κ1) is 30.5. The second kappa shape index (κ2) is 12.6. The fourth-order valence-electron chi connectivity index (χ4n) is 4.69. The lowest BCUT2D eigenvalue weighted by molar-refractivity contribution is -0.167. The van der Waals surface area contributed by atoms with Crippen molar-refractivity contribution in [1.82, 2.24) is 18.9 Å². The van der Waals surface area contributed by atoms with Crippen molar-refractivity contribution >= 4 is 23.5 Å². The van der Waals surface area contributed by atoms with Gasteiger partial charge >= 0.3 is 23.8 Å². The highest BCUT2D eigenvalue weighted by Crippen LogP contribution is 2.36. The summed E-state index contributed by atoms with van der Waals surface area (Å²) in [4.78, 5) is 56.3. The number of carbonyl (C=O) groups is 2. The smallest absolute Gasteiger partial charge is 0.416 e. The van der Waals surface area contributed by atoms with Gasteiger partial charge in [-0.3, -0.25) is 28.2 Å². The van der Waals surface area contributed by atoms with E-state index in [2.05, 4.69) is 10.1 Å². The van der Waals surface area contributed by atoms with Gasteiger partial charge in [-0.1, -0.05) is 26.0 Å². The number of hydrogen-bond acceptors (Lipinski definition) is 8. The van der Waals surface area contributed by atoms with Crippen molar-refractivity contribution in [3.05, 3.63) is 79.8 Å². The lowest BCUT2D eigenvalue weighted by atomic mass is 9.94. The van der Waals surface area contributed by atoms with Crippen LogP contribution in [0.3, 0.4) is 0 Å². The average Bonchev–Trinajstić information content (AvgIpc) is 3.56. The Balaban J connectivity index is 1.73. The largest absolute Gasteiger partial charge is 0.428 e. The van der Waals surface area contributed by atoms with E-state index in [1.807, 2.05) is 0 Å². The van der Waals surface area contributed by atoms with Crippen LogP contribution in [0.15, 0.2) is 51.2 Å². The monoisotopic (exact) mass is 589 g/mol. The van der Waals surface area contributed by atoms with Crippen LogP contribution in [-0.2, 0) is 44.9 Å². The predicted octanol–water partition coefficient (Wildman–Crippen LogP) is 3.77. The first-order chi connectivity index (χ1) is 20.0. The van der Waals surface area contributed by atoms with E-state index in [-0.39, 0.29) is 43.1 Å². The zero-order valence-corrected chi connectivity index (χ0v) is 23.3. The number of halogens is 3. The van der Waals surface area contributed by atoms with Gasteiger partial charge in [0.05, 0.1) is 29.6 Å². The molecule has 1 aromatic carbocycles. The summed E-state index contributed by atoms with van der Waals surface area (Å²) in [6.07, 6.45) is -0.518. The molecule has 0 aliphatic carbocycles. The van der Waals surface area contributed by atoms with Crippen LogP contribution in [-0.4, -0.2) is 43.4 Å². The topological polar surface area (TPSA) is 127 Å². The van der Waals surface area contributed by atoms with Gasteiger partial charge in [0, 0.05) is 31.3 Å². The van der Waals surface area contributed by atoms with Crippen LogP contribution in [0.5, 0.6) is 0 Å². The molecule has 0 amide bonds. The van der Waals surface area contributed by atoms with E-state index in [0.717, 1.165) is 16.7 Å². The van der Waals surface area contributed by atoms with Crippen molar-refractivity contribution in [1.29, 1.82) is 0 Å². The zero-order chi connectivity index (χ0) is 30.6. The Morgan fingerprint density at radius 2 is 1.81 bits per heavy atom. The average molecular weight is 590 g/mol. The summed E-state index contributed by atoms with van der Waals surface area (Å²) in [7, 11) is 0. The lowest BCUT2D eigenvalue weighted by Crippen LogP contribution is -2.42. The van der Waals surface area contributed by atoms with Gasteiger partial charge in [-0.2, -0.15) is 18.3 Å². The summed E-state index contributed by atoms with van der Waals surface area (Å²) in [5, 5.41) is 4.22. The summed E-state index contributed by atoms with van der Waals surface area (Å²) < 4.78 is 53.4. The Hall–Kier alpha value is -4.49. The maximum atomic E-state index is 13.5. The second-order valence-electron chi connectivity index (χ2n) is 9.62. The number of benzene rings is 1. The summed E-state index contributed by atoms with van der Waals surface area (Å²) >= 11 is 0. The van der Waals surface area contributed by atoms with Gasteiger partial charge in [-0.05, 0) is 37.5 Å². The third kappa shape index (κ3) is 6.21. The molecule has 3 heterocycles. The lowest BCUT2D eigenvalue weighted by Gasteiger charge is -2.16. The maximum absolute atomic E-state index is 13.5. The van der Waals surface area contributed by atoms with Gasteiger partial charge in [0.2, 0.25) is 6.79 Å². The van der Waals surface area contributed by atoms with E-state index in [1.165, 1.54) is 33.8 Å². The normalized spacial score (nSPS) is 14.4. The molecule has 0 saturated carbocycles. The zero-order valence-electron chi connectivity index (χ0n) is 23.3. The fourth-order valence-corrected chi connectivity index (χ4v) is 4.69. The number of rotatable bonds is 11. The molecule has 0 saturated heterocycles. The fraction of sp³-hybridized carbons (Fsp3) is 0.429. The number of ether oxygens (including phenoxy) is 2. The van der Waals surface area contributed by atoms with Crippen molar-refractivity contribution in [2.75, 3.05) is 6.79 Å². The summed E-state index contributed by atoms with van der Waals surface area (Å²) in [6, 6.07) is 4.80. The molecular weight excluding hydrogens is 559 g/mol. The van der Waals surface area contributed by atoms with Crippen LogP contribution in [0.1, 0.15) is 68.2 Å². The van der Waals surface area contributed by atoms with Gasteiger partial charge in [0.1, 0.15) is 11.7 Å². The number of nitrogens with zero attached hydrogens (tertiary/aromatic N) is 5. The quantitative estimate of drug-likeness (QED) is 0.246. The van der Waals surface area contributed by atoms with Crippen LogP contribution in [0.4, 0.5) is 19.0 Å². The molecule has 1 aliphatic rings. The maximum Gasteiger partial charge on any atom is 0.416 e. The highest BCUT2D eigenvalue weighted by Gasteiger charge is 2.41. The van der Waals surface area contributed by atoms with Crippen molar-refractivity contribution in [3.8, 4) is 0 Å². The van der Waals surface area contributed by atoms with Crippen LogP contribution in [0.25, 0.3) is 0 Å². The SMILES string of the molecule is CCCC(=O)OCOC(=O)C1C(c2cnn(Cc3cccc(C(F)(F)F)c3)c2)=Nc2c1c(=O)n(CCC)c(=O)n2CC. The molecule has 42 heavy (non-hydrogen) atoms. The van der Waals surface area contributed by atoms with E-state index >= 15 is 0 Å². The summed E-state index contributed by atoms with van der Waals surface area (Å²) in [5.74, 6) is -2.86. The Bertz CT molecular complexity index is 1640. The van der Waals surface area contributed by atoms with Gasteiger partial charge in [0.15, 0.2) is 0 Å². The van der Waals surface area contributed by atoms with Crippen LogP contribution >= 0.6 is 0 Å². The number of fused-ring (bicyclic) bond motifs is 1. The third-order valence-corrected chi connectivity index (χ3v) is 6.62. The summed E-state index contributed by atoms with van der Waals surface area (Å²) in [6.45, 7) is 4.86. The van der Waals surface area contributed by atoms with E-state index in [0.29, 0.717) is 24.0 Å². The third-order valence-electron chi connectivity index (χ3n) is 6.62. The standard InChI is InChI=1S/C28H30F3N5O6/c1-4-8-20(37)41-16-42-26(39)21-22-24(35(6-3)27(40)36(11-5-2)25(22)38)33-23(21)18-13-32-34(15-18)14-17-9-7-10-19(12-17)28(29,30)31/h7,9-10,12-13,15,21H,4-6,8,11,14,16H2,1-3H3. The Morgan fingerprint density at radius 3 is 2.48 bits per heavy atom. The Labute approximate surface area is 238 Å². The molecule has 14 heteroatoms. The van der Waals surface area contributed by atoms with E-state index in [1.54, 1.807) is 20.8 Å². The molecule has 1 unspecified atom stereocenters. The molecule has 2 aromatic heterocycles. The van der Waals surface area contributed by atoms with Crippen LogP contribution < -0.4 is 11.2 Å². The molecule has 1 aliphatic heterocycles. The molecule has 3 aromatic rings. The minimum atomic E-state index is -4.51. The Kier molecular flexibility index (Phi) is 9.12. The predicted molar refractivity (Wildman–Crippen MR) is 145 cm³/mol. The number of aromatic nitrogens is 4. The highest BCUT2D eigenvalue weighted by molar-refractivity contribution is 6.19. The van der Waals surface area contributed by atoms with E-state index in [4.69, 9.17) is 9.47 Å². The Morgan fingerprint density at radius 1 is 1.05 bits per heavy atom. The number of esters is 2. The highest BCUT2D eigenvalue weighted by atomic mass is 19.4. The summed E-state index contributed by atoms with van der Waals surface area (Å²) in [5.41, 5.74) is -1.43. The molecule has 0 spiro atoms. The van der Waals surface area contributed by atoms with Crippen LogP contribution in [0, 0.1) is 0 Å². The molecule has 224 valence electrons. The molecule has 0 radical (unpaired) electrons. The number of hydrogen-bond donors (Lipinski definition) is 0. The van der Waals surface area contributed by atoms with E-state index in [9.17, 15) is 32.3 Å². The molecule has 4 rings (SSSR count). The van der Waals surface area contributed by atoms with Crippen molar-refractivity contribution in [2.45, 2.75) is 71.8 Å². The first-order valence-electron chi connectivity index (χ1n) is 13.5. The van der Waals surface area contributed by atoms with Crippen molar-refractivity contribution in [3.63, 3.8) is 0 Å². The first-order valence-corrected chi connectivity index (χ1v) is 13.5. The molecule has 0 N–H and O–H groups in total. The molecular formula is C28H30F3N5O6. The van der Waals surface area contributed by atoms with Crippen molar-refractivity contribution < 1.29 is 32.2 Å². The molecule has 1 atom stereocenters. The number of aliphatic imine (C=N–C) groups is 1. The minimum Gasteiger partial charge on any atom is -0.428 e. The minimum absolute atomic E-state index is 0.00501. The molecule has 11 nitrogen and oxygen atoms in total.